The van der Waals surface area contributed by atoms with Gasteiger partial charge in [0.05, 0.1) is 0 Å². The molecule has 0 amide bonds. The Bertz CT molecular complexity index is 2050. The zero-order chi connectivity index (χ0) is 68.7. The van der Waals surface area contributed by atoms with E-state index < -0.39 is 0 Å². The number of aryl methyl sites for hydroxylation is 4. The van der Waals surface area contributed by atoms with E-state index in [1.54, 1.807) is 38.1 Å². The number of nitrogens with zero attached hydrogens (tertiary/aromatic N) is 2. The monoisotopic (exact) mass is 1360 g/mol. The molecular formula is C92H166N2Ni. The molecule has 1 aliphatic heterocycles. The second-order valence-electron chi connectivity index (χ2n) is 30.3. The minimum absolute atomic E-state index is 1.05. The fourth-order valence-electron chi connectivity index (χ4n) is 15.0. The van der Waals surface area contributed by atoms with Gasteiger partial charge in [-0.3, -0.25) is 0 Å². The summed E-state index contributed by atoms with van der Waals surface area (Å²) in [5.74, 6) is 0. The van der Waals surface area contributed by atoms with E-state index in [-0.39, 0.29) is 0 Å². The third-order valence-electron chi connectivity index (χ3n) is 21.3. The first-order valence-electron chi connectivity index (χ1n) is 43.6. The Morgan fingerprint density at radius 2 is 0.411 bits per heavy atom. The first kappa shape index (κ1) is 89.1. The van der Waals surface area contributed by atoms with Crippen molar-refractivity contribution in [2.24, 2.45) is 0 Å². The van der Waals surface area contributed by atoms with Crippen LogP contribution in [0.1, 0.15) is 486 Å². The summed E-state index contributed by atoms with van der Waals surface area (Å²) < 4.78 is 1.74. The first-order chi connectivity index (χ1) is 46.8. The summed E-state index contributed by atoms with van der Waals surface area (Å²) in [4.78, 5) is 0. The molecule has 0 fully saturated rings. The Morgan fingerprint density at radius 1 is 0.221 bits per heavy atom. The number of hydrogen-bond donors (Lipinski definition) is 0. The molecule has 0 bridgehead atoms. The molecule has 3 heteroatoms. The SMILES string of the molecule is CCCCCCCCC1=C(c2cc(CCCC)c(CCCC)c(CCCC)c2)[N+](=[N-])C(c2cc(CCCC)c(CCCC)c(CCCC)c2)=C1CCCCCC.CCCCCCCCCCCCCCCCCC[CH2][Ni][CH2]CCCCCCCCCCCCCCCCCC. The second-order valence-corrected chi connectivity index (χ2v) is 31.7. The molecule has 2 aromatic carbocycles. The number of rotatable bonds is 68. The van der Waals surface area contributed by atoms with Gasteiger partial charge >= 0.3 is 166 Å². The van der Waals surface area contributed by atoms with E-state index in [1.165, 1.54) is 405 Å². The minimum atomic E-state index is 1.05. The standard InChI is InChI=1S/C54H88N2.2C19H39.Ni/c1-9-17-25-27-28-30-38-52-51(37-29-26-18-10-2)53(47-39-43(31-19-11-3)49(35-23-15-7)44(40-47)32-20-12-4)56(55)54(52)48-41-45(33-21-13-5)50(36-24-16-8)46(42-48)34-22-14-6;2*1-3-5-7-9-11-13-15-17-19-18-16-14-12-10-8-6-4-2;/h39-42H,9-38H2,1-8H3;2*1,3-19H2,2H3;. The van der Waals surface area contributed by atoms with E-state index in [4.69, 9.17) is 0 Å². The molecule has 0 spiro atoms. The van der Waals surface area contributed by atoms with Gasteiger partial charge in [-0.15, -0.1) is 0 Å². The molecule has 0 radical (unpaired) electrons. The van der Waals surface area contributed by atoms with Crippen LogP contribution in [0.4, 0.5) is 0 Å². The van der Waals surface area contributed by atoms with E-state index in [9.17, 15) is 5.53 Å². The van der Waals surface area contributed by atoms with Crippen LogP contribution in [0.3, 0.4) is 0 Å². The Balaban J connectivity index is 0.000000693. The van der Waals surface area contributed by atoms with Crippen molar-refractivity contribution in [2.45, 2.75) is 491 Å². The number of unbranched alkanes of at least 4 members (excludes halogenated alkanes) is 46. The summed E-state index contributed by atoms with van der Waals surface area (Å²) in [5, 5.41) is 2.87. The Hall–Kier alpha value is -1.99. The number of allylic oxidation sites excluding steroid dienone is 2. The molecule has 0 aromatic heterocycles. The molecule has 95 heavy (non-hydrogen) atoms. The summed E-state index contributed by atoms with van der Waals surface area (Å²) in [5.41, 5.74) is 30.0. The van der Waals surface area contributed by atoms with Gasteiger partial charge in [-0.05, 0) is 160 Å². The van der Waals surface area contributed by atoms with Crippen LogP contribution in [0.25, 0.3) is 16.9 Å². The molecule has 0 saturated carbocycles. The Kier molecular flexibility index (Phi) is 61.3. The Morgan fingerprint density at radius 3 is 0.642 bits per heavy atom. The van der Waals surface area contributed by atoms with Crippen LogP contribution < -0.4 is 0 Å². The predicted octanol–water partition coefficient (Wildman–Crippen LogP) is 32.8. The van der Waals surface area contributed by atoms with Gasteiger partial charge in [0.1, 0.15) is 0 Å². The maximum atomic E-state index is 13.0. The van der Waals surface area contributed by atoms with Gasteiger partial charge in [-0.25, -0.2) is 4.70 Å². The molecule has 0 N–H and O–H groups in total. The molecule has 3 rings (SSSR count). The van der Waals surface area contributed by atoms with Crippen molar-refractivity contribution in [3.8, 4) is 0 Å². The second kappa shape index (κ2) is 65.3. The maximum absolute atomic E-state index is 13.0. The van der Waals surface area contributed by atoms with Crippen LogP contribution in [-0.2, 0) is 53.0 Å². The van der Waals surface area contributed by atoms with E-state index in [1.807, 2.05) is 14.4 Å². The van der Waals surface area contributed by atoms with Crippen LogP contribution in [-0.4, -0.2) is 4.70 Å². The number of hydrogen-bond acceptors (Lipinski definition) is 0. The summed E-state index contributed by atoms with van der Waals surface area (Å²) in [6.45, 7) is 23.3. The molecular weight excluding hydrogens is 1190 g/mol. The minimum Gasteiger partial charge on any atom is -0.0654 e. The fourth-order valence-corrected chi connectivity index (χ4v) is 16.3. The van der Waals surface area contributed by atoms with Gasteiger partial charge in [-0.1, -0.05) is 236 Å². The summed E-state index contributed by atoms with van der Waals surface area (Å²) in [6.07, 6.45) is 86.6. The average Bonchev–Trinajstić information content (AvgIpc) is 1.62. The van der Waals surface area contributed by atoms with Crippen LogP contribution in [0.5, 0.6) is 0 Å². The van der Waals surface area contributed by atoms with Crippen molar-refractivity contribution in [3.05, 3.63) is 85.5 Å². The third-order valence-corrected chi connectivity index (χ3v) is 22.6. The van der Waals surface area contributed by atoms with E-state index in [0.29, 0.717) is 0 Å². The zero-order valence-electron chi connectivity index (χ0n) is 66.2. The van der Waals surface area contributed by atoms with Gasteiger partial charge in [0, 0.05) is 22.3 Å². The topological polar surface area (TPSA) is 25.3 Å². The van der Waals surface area contributed by atoms with Gasteiger partial charge in [-0.2, -0.15) is 0 Å². The average molecular weight is 1360 g/mol. The van der Waals surface area contributed by atoms with Crippen molar-refractivity contribution in [3.63, 3.8) is 0 Å². The van der Waals surface area contributed by atoms with Crippen molar-refractivity contribution >= 4 is 11.4 Å². The third kappa shape index (κ3) is 42.8. The smallest absolute Gasteiger partial charge is 0.0654 e. The van der Waals surface area contributed by atoms with Gasteiger partial charge in [0.25, 0.3) is 0 Å². The molecule has 1 heterocycles. The molecule has 2 aromatic rings. The molecule has 0 unspecified atom stereocenters. The molecule has 0 saturated heterocycles. The summed E-state index contributed by atoms with van der Waals surface area (Å²) in [7, 11) is 0. The van der Waals surface area contributed by atoms with Gasteiger partial charge < -0.3 is 5.53 Å². The fraction of sp³-hybridized carbons (Fsp3) is 0.826. The van der Waals surface area contributed by atoms with E-state index in [2.05, 4.69) is 93.5 Å². The predicted molar refractivity (Wildman–Crippen MR) is 427 cm³/mol. The van der Waals surface area contributed by atoms with Crippen LogP contribution in [0.15, 0.2) is 35.4 Å². The van der Waals surface area contributed by atoms with Crippen LogP contribution in [0, 0.1) is 0 Å². The quantitative estimate of drug-likeness (QED) is 0.0358. The Labute approximate surface area is 603 Å². The number of benzene rings is 2. The molecule has 2 nitrogen and oxygen atoms in total. The molecule has 554 valence electrons. The van der Waals surface area contributed by atoms with Crippen molar-refractivity contribution < 1.29 is 19.1 Å². The van der Waals surface area contributed by atoms with Gasteiger partial charge in [0.2, 0.25) is 11.4 Å². The van der Waals surface area contributed by atoms with Gasteiger partial charge in [0.15, 0.2) is 0 Å². The first-order valence-corrected chi connectivity index (χ1v) is 45.0. The van der Waals surface area contributed by atoms with Crippen molar-refractivity contribution in [1.82, 2.24) is 0 Å². The summed E-state index contributed by atoms with van der Waals surface area (Å²) in [6, 6.07) is 10.2. The van der Waals surface area contributed by atoms with Crippen molar-refractivity contribution in [2.75, 3.05) is 0 Å². The molecule has 0 atom stereocenters. The van der Waals surface area contributed by atoms with Crippen LogP contribution in [0.2, 0.25) is 10.8 Å². The normalized spacial score (nSPS) is 12.6. The summed E-state index contributed by atoms with van der Waals surface area (Å²) >= 11 is 2.05. The van der Waals surface area contributed by atoms with Crippen LogP contribution >= 0.6 is 0 Å². The van der Waals surface area contributed by atoms with E-state index in [0.717, 1.165) is 49.9 Å². The molecule has 0 aliphatic carbocycles. The van der Waals surface area contributed by atoms with E-state index >= 15 is 0 Å². The zero-order valence-corrected chi connectivity index (χ0v) is 67.2. The van der Waals surface area contributed by atoms with Crippen molar-refractivity contribution in [1.29, 1.82) is 0 Å². The molecule has 1 aliphatic rings.